The Balaban J connectivity index is 0.000000490. The minimum atomic E-state index is 0. The average molecular weight is 112 g/mol. The first-order valence-electron chi connectivity index (χ1n) is 1.85. The van der Waals surface area contributed by atoms with E-state index in [0.717, 1.165) is 0 Å². The van der Waals surface area contributed by atoms with Crippen LogP contribution in [-0.4, -0.2) is 15.3 Å². The van der Waals surface area contributed by atoms with Crippen LogP contribution in [0.1, 0.15) is 7.43 Å². The zero-order valence-corrected chi connectivity index (χ0v) is 3.57. The van der Waals surface area contributed by atoms with E-state index in [1.165, 1.54) is 18.5 Å². The number of nitrogens with zero attached hydrogens (tertiary/aromatic N) is 2. The van der Waals surface area contributed by atoms with Gasteiger partial charge in [-0.15, -0.1) is 0 Å². The lowest BCUT2D eigenvalue weighted by Gasteiger charge is -1.80. The molecule has 0 bridgehead atoms. The molecule has 1 N–H and O–H groups in total. The van der Waals surface area contributed by atoms with Gasteiger partial charge in [-0.3, -0.25) is 0 Å². The molecular formula is C5H8N2O. The number of hydrogen-bond donors (Lipinski definition) is 1. The van der Waals surface area contributed by atoms with Crippen LogP contribution in [0.4, 0.5) is 0 Å². The third kappa shape index (κ3) is 1.55. The van der Waals surface area contributed by atoms with Crippen LogP contribution < -0.4 is 0 Å². The molecule has 0 aliphatic rings. The highest BCUT2D eigenvalue weighted by Gasteiger charge is 1.77. The van der Waals surface area contributed by atoms with Gasteiger partial charge in [0.15, 0.2) is 0 Å². The first-order chi connectivity index (χ1) is 3.39. The predicted molar refractivity (Wildman–Crippen MR) is 30.4 cm³/mol. The van der Waals surface area contributed by atoms with Gasteiger partial charge in [-0.1, -0.05) is 7.43 Å². The van der Waals surface area contributed by atoms with Crippen molar-refractivity contribution in [2.75, 3.05) is 0 Å². The quantitative estimate of drug-likeness (QED) is 0.540. The lowest BCUT2D eigenvalue weighted by Crippen LogP contribution is -1.72. The SMILES string of the molecule is C.Oc1ccnnc1. The van der Waals surface area contributed by atoms with Crippen LogP contribution in [0.15, 0.2) is 18.5 Å². The van der Waals surface area contributed by atoms with Gasteiger partial charge in [0.1, 0.15) is 5.75 Å². The number of rotatable bonds is 0. The van der Waals surface area contributed by atoms with Crippen molar-refractivity contribution in [1.82, 2.24) is 10.2 Å². The molecule has 0 aromatic carbocycles. The topological polar surface area (TPSA) is 46.0 Å². The van der Waals surface area contributed by atoms with E-state index in [9.17, 15) is 0 Å². The fourth-order valence-electron chi connectivity index (χ4n) is 0.284. The maximum atomic E-state index is 8.53. The van der Waals surface area contributed by atoms with E-state index in [1.54, 1.807) is 0 Å². The highest BCUT2D eigenvalue weighted by molar-refractivity contribution is 5.09. The van der Waals surface area contributed by atoms with Crippen molar-refractivity contribution in [3.63, 3.8) is 0 Å². The second-order valence-corrected chi connectivity index (χ2v) is 1.10. The van der Waals surface area contributed by atoms with Crippen molar-refractivity contribution in [2.45, 2.75) is 7.43 Å². The average Bonchev–Trinajstić information content (AvgIpc) is 1.69. The third-order valence-corrected chi connectivity index (χ3v) is 0.569. The van der Waals surface area contributed by atoms with Crippen LogP contribution in [0.25, 0.3) is 0 Å². The van der Waals surface area contributed by atoms with E-state index >= 15 is 0 Å². The number of aromatic hydroxyl groups is 1. The van der Waals surface area contributed by atoms with Crippen LogP contribution >= 0.6 is 0 Å². The first kappa shape index (κ1) is 6.88. The summed E-state index contributed by atoms with van der Waals surface area (Å²) < 4.78 is 0. The van der Waals surface area contributed by atoms with E-state index in [-0.39, 0.29) is 13.2 Å². The van der Waals surface area contributed by atoms with E-state index in [2.05, 4.69) is 10.2 Å². The van der Waals surface area contributed by atoms with Crippen LogP contribution in [0.3, 0.4) is 0 Å². The zero-order valence-electron chi connectivity index (χ0n) is 3.57. The summed E-state index contributed by atoms with van der Waals surface area (Å²) in [6, 6.07) is 1.47. The Labute approximate surface area is 48.0 Å². The van der Waals surface area contributed by atoms with Crippen molar-refractivity contribution in [3.05, 3.63) is 18.5 Å². The normalized spacial score (nSPS) is 7.50. The van der Waals surface area contributed by atoms with Crippen molar-refractivity contribution in [2.24, 2.45) is 0 Å². The highest BCUT2D eigenvalue weighted by Crippen LogP contribution is 1.98. The van der Waals surface area contributed by atoms with Gasteiger partial charge in [-0.25, -0.2) is 0 Å². The van der Waals surface area contributed by atoms with Gasteiger partial charge in [-0.05, 0) is 0 Å². The molecule has 8 heavy (non-hydrogen) atoms. The highest BCUT2D eigenvalue weighted by atomic mass is 16.3. The van der Waals surface area contributed by atoms with Crippen LogP contribution in [0.5, 0.6) is 5.75 Å². The van der Waals surface area contributed by atoms with Gasteiger partial charge in [0.2, 0.25) is 0 Å². The Morgan fingerprint density at radius 2 is 2.12 bits per heavy atom. The van der Waals surface area contributed by atoms with Crippen molar-refractivity contribution < 1.29 is 5.11 Å². The van der Waals surface area contributed by atoms with Gasteiger partial charge in [-0.2, -0.15) is 10.2 Å². The maximum absolute atomic E-state index is 8.53. The van der Waals surface area contributed by atoms with E-state index < -0.39 is 0 Å². The molecule has 0 aliphatic carbocycles. The Morgan fingerprint density at radius 3 is 2.38 bits per heavy atom. The van der Waals surface area contributed by atoms with Crippen molar-refractivity contribution in [3.8, 4) is 5.75 Å². The molecule has 1 aromatic rings. The van der Waals surface area contributed by atoms with Crippen LogP contribution in [0.2, 0.25) is 0 Å². The molecule has 0 atom stereocenters. The predicted octanol–water partition coefficient (Wildman–Crippen LogP) is 0.818. The molecule has 0 fully saturated rings. The molecule has 3 heteroatoms. The van der Waals surface area contributed by atoms with Gasteiger partial charge < -0.3 is 5.11 Å². The third-order valence-electron chi connectivity index (χ3n) is 0.569. The van der Waals surface area contributed by atoms with Gasteiger partial charge in [0.25, 0.3) is 0 Å². The minimum absolute atomic E-state index is 0. The zero-order chi connectivity index (χ0) is 5.11. The molecule has 0 saturated carbocycles. The molecule has 44 valence electrons. The Bertz CT molecular complexity index is 140. The summed E-state index contributed by atoms with van der Waals surface area (Å²) in [7, 11) is 0. The summed E-state index contributed by atoms with van der Waals surface area (Å²) in [5, 5.41) is 15.3. The lowest BCUT2D eigenvalue weighted by molar-refractivity contribution is 0.470. The maximum Gasteiger partial charge on any atom is 0.137 e. The summed E-state index contributed by atoms with van der Waals surface area (Å²) in [4.78, 5) is 0. The van der Waals surface area contributed by atoms with Gasteiger partial charge in [0, 0.05) is 6.07 Å². The monoisotopic (exact) mass is 112 g/mol. The standard InChI is InChI=1S/C4H4N2O.CH4/c7-4-1-2-5-6-3-4;/h1-3H,(H,5,7);1H4. The van der Waals surface area contributed by atoms with E-state index in [0.29, 0.717) is 0 Å². The fraction of sp³-hybridized carbons (Fsp3) is 0.200. The Kier molecular flexibility index (Phi) is 2.54. The summed E-state index contributed by atoms with van der Waals surface area (Å²) in [5.74, 6) is 0.148. The second-order valence-electron chi connectivity index (χ2n) is 1.10. The molecule has 0 aliphatic heterocycles. The molecular weight excluding hydrogens is 104 g/mol. The van der Waals surface area contributed by atoms with E-state index in [4.69, 9.17) is 5.11 Å². The second kappa shape index (κ2) is 2.96. The summed E-state index contributed by atoms with van der Waals surface area (Å²) >= 11 is 0. The first-order valence-corrected chi connectivity index (χ1v) is 1.85. The van der Waals surface area contributed by atoms with Crippen LogP contribution in [0, 0.1) is 0 Å². The molecule has 0 saturated heterocycles. The molecule has 3 nitrogen and oxygen atoms in total. The van der Waals surface area contributed by atoms with Crippen LogP contribution in [-0.2, 0) is 0 Å². The molecule has 0 amide bonds. The number of hydrogen-bond acceptors (Lipinski definition) is 3. The summed E-state index contributed by atoms with van der Waals surface area (Å²) in [6.45, 7) is 0. The van der Waals surface area contributed by atoms with Crippen molar-refractivity contribution in [1.29, 1.82) is 0 Å². The lowest BCUT2D eigenvalue weighted by atomic mass is 10.5. The fourth-order valence-corrected chi connectivity index (χ4v) is 0.284. The van der Waals surface area contributed by atoms with E-state index in [1.807, 2.05) is 0 Å². The van der Waals surface area contributed by atoms with Gasteiger partial charge >= 0.3 is 0 Å². The summed E-state index contributed by atoms with van der Waals surface area (Å²) in [5.41, 5.74) is 0. The van der Waals surface area contributed by atoms with Crippen molar-refractivity contribution >= 4 is 0 Å². The van der Waals surface area contributed by atoms with Gasteiger partial charge in [0.05, 0.1) is 12.4 Å². The molecule has 0 spiro atoms. The molecule has 0 unspecified atom stereocenters. The Morgan fingerprint density at radius 1 is 1.38 bits per heavy atom. The smallest absolute Gasteiger partial charge is 0.137 e. The molecule has 1 heterocycles. The summed E-state index contributed by atoms with van der Waals surface area (Å²) in [6.07, 6.45) is 2.70. The molecule has 1 rings (SSSR count). The Hall–Kier alpha value is -1.12. The molecule has 1 aromatic heterocycles. The molecule has 0 radical (unpaired) electrons. The largest absolute Gasteiger partial charge is 0.506 e. The number of aromatic nitrogens is 2. The minimum Gasteiger partial charge on any atom is -0.506 e.